The van der Waals surface area contributed by atoms with E-state index in [9.17, 15) is 9.18 Å². The number of carbonyl (C=O) groups is 1. The zero-order valence-corrected chi connectivity index (χ0v) is 14.5. The van der Waals surface area contributed by atoms with E-state index in [4.69, 9.17) is 0 Å². The number of halogens is 1. The smallest absolute Gasteiger partial charge is 0.238 e. The molecule has 0 fully saturated rings. The van der Waals surface area contributed by atoms with Gasteiger partial charge in [0, 0.05) is 11.7 Å². The fourth-order valence-electron chi connectivity index (χ4n) is 2.64. The molecule has 4 heteroatoms. The Kier molecular flexibility index (Phi) is 6.50. The summed E-state index contributed by atoms with van der Waals surface area (Å²) >= 11 is 0. The van der Waals surface area contributed by atoms with Crippen LogP contribution in [0.5, 0.6) is 0 Å². The van der Waals surface area contributed by atoms with Crippen molar-refractivity contribution in [2.45, 2.75) is 33.2 Å². The number of anilines is 1. The van der Waals surface area contributed by atoms with Gasteiger partial charge in [-0.2, -0.15) is 0 Å². The van der Waals surface area contributed by atoms with Crippen LogP contribution < -0.4 is 10.6 Å². The lowest BCUT2D eigenvalue weighted by Gasteiger charge is -2.22. The minimum Gasteiger partial charge on any atom is -0.325 e. The Bertz CT molecular complexity index is 650. The van der Waals surface area contributed by atoms with Crippen LogP contribution in [0.3, 0.4) is 0 Å². The van der Waals surface area contributed by atoms with Crippen molar-refractivity contribution in [1.29, 1.82) is 0 Å². The van der Waals surface area contributed by atoms with Crippen LogP contribution in [0.4, 0.5) is 10.1 Å². The molecule has 1 unspecified atom stereocenters. The number of rotatable bonds is 7. The second kappa shape index (κ2) is 8.60. The number of benzene rings is 2. The van der Waals surface area contributed by atoms with Gasteiger partial charge >= 0.3 is 0 Å². The number of amides is 1. The standard InChI is InChI=1S/C20H25FN2O/c1-4-15-5-11-18(12-6-15)23-19(24)13-22-20(14(2)3)16-7-9-17(21)10-8-16/h5-12,14,20,22H,4,13H2,1-3H3,(H,23,24). The van der Waals surface area contributed by atoms with Crippen molar-refractivity contribution in [2.24, 2.45) is 5.92 Å². The monoisotopic (exact) mass is 328 g/mol. The van der Waals surface area contributed by atoms with Crippen molar-refractivity contribution in [3.05, 3.63) is 65.5 Å². The Hall–Kier alpha value is -2.20. The lowest BCUT2D eigenvalue weighted by atomic mass is 9.96. The molecule has 0 aliphatic heterocycles. The first-order chi connectivity index (χ1) is 11.5. The molecule has 2 N–H and O–H groups in total. The van der Waals surface area contributed by atoms with Crippen molar-refractivity contribution in [3.63, 3.8) is 0 Å². The van der Waals surface area contributed by atoms with Gasteiger partial charge in [-0.25, -0.2) is 4.39 Å². The molecule has 0 aliphatic rings. The van der Waals surface area contributed by atoms with Crippen LogP contribution in [-0.4, -0.2) is 12.5 Å². The summed E-state index contributed by atoms with van der Waals surface area (Å²) in [6, 6.07) is 14.3. The van der Waals surface area contributed by atoms with Gasteiger partial charge in [0.05, 0.1) is 6.54 Å². The number of aryl methyl sites for hydroxylation is 1. The average molecular weight is 328 g/mol. The molecule has 1 atom stereocenters. The Morgan fingerprint density at radius 3 is 2.21 bits per heavy atom. The maximum atomic E-state index is 13.1. The molecule has 2 aromatic carbocycles. The number of carbonyl (C=O) groups excluding carboxylic acids is 1. The minimum absolute atomic E-state index is 0.00110. The highest BCUT2D eigenvalue weighted by Gasteiger charge is 2.16. The first-order valence-electron chi connectivity index (χ1n) is 8.37. The molecule has 0 radical (unpaired) electrons. The molecule has 0 aromatic heterocycles. The topological polar surface area (TPSA) is 41.1 Å². The fourth-order valence-corrected chi connectivity index (χ4v) is 2.64. The highest BCUT2D eigenvalue weighted by molar-refractivity contribution is 5.92. The zero-order chi connectivity index (χ0) is 17.5. The maximum Gasteiger partial charge on any atom is 0.238 e. The normalized spacial score (nSPS) is 12.2. The molecule has 3 nitrogen and oxygen atoms in total. The van der Waals surface area contributed by atoms with Gasteiger partial charge in [-0.1, -0.05) is 45.0 Å². The second-order valence-electron chi connectivity index (χ2n) is 6.25. The van der Waals surface area contributed by atoms with Crippen LogP contribution in [0.2, 0.25) is 0 Å². The lowest BCUT2D eigenvalue weighted by molar-refractivity contribution is -0.115. The van der Waals surface area contributed by atoms with Gasteiger partial charge in [-0.15, -0.1) is 0 Å². The second-order valence-corrected chi connectivity index (χ2v) is 6.25. The van der Waals surface area contributed by atoms with E-state index >= 15 is 0 Å². The largest absolute Gasteiger partial charge is 0.325 e. The average Bonchev–Trinajstić information content (AvgIpc) is 2.57. The number of hydrogen-bond acceptors (Lipinski definition) is 2. The molecule has 0 spiro atoms. The van der Waals surface area contributed by atoms with Crippen molar-refractivity contribution in [1.82, 2.24) is 5.32 Å². The first-order valence-corrected chi connectivity index (χ1v) is 8.37. The third kappa shape index (κ3) is 5.17. The molecule has 0 saturated heterocycles. The van der Waals surface area contributed by atoms with Crippen LogP contribution in [-0.2, 0) is 11.2 Å². The molecule has 2 aromatic rings. The molecule has 1 amide bonds. The van der Waals surface area contributed by atoms with Crippen molar-refractivity contribution >= 4 is 11.6 Å². The fraction of sp³-hybridized carbons (Fsp3) is 0.350. The molecule has 0 heterocycles. The Balaban J connectivity index is 1.93. The third-order valence-corrected chi connectivity index (χ3v) is 4.02. The van der Waals surface area contributed by atoms with E-state index in [1.54, 1.807) is 12.1 Å². The predicted molar refractivity (Wildman–Crippen MR) is 96.4 cm³/mol. The van der Waals surface area contributed by atoms with Crippen LogP contribution in [0.15, 0.2) is 48.5 Å². The van der Waals surface area contributed by atoms with E-state index in [0.29, 0.717) is 0 Å². The third-order valence-electron chi connectivity index (χ3n) is 4.02. The molecule has 0 saturated carbocycles. The zero-order valence-electron chi connectivity index (χ0n) is 14.5. The van der Waals surface area contributed by atoms with E-state index in [2.05, 4.69) is 31.4 Å². The van der Waals surface area contributed by atoms with Gasteiger partial charge in [0.2, 0.25) is 5.91 Å². The van der Waals surface area contributed by atoms with Gasteiger partial charge in [0.15, 0.2) is 0 Å². The maximum absolute atomic E-state index is 13.1. The molecule has 128 valence electrons. The van der Waals surface area contributed by atoms with Gasteiger partial charge in [-0.3, -0.25) is 4.79 Å². The summed E-state index contributed by atoms with van der Waals surface area (Å²) in [5.41, 5.74) is 3.01. The Morgan fingerprint density at radius 2 is 1.67 bits per heavy atom. The van der Waals surface area contributed by atoms with E-state index in [1.165, 1.54) is 17.7 Å². The number of hydrogen-bond donors (Lipinski definition) is 2. The van der Waals surface area contributed by atoms with Gasteiger partial charge < -0.3 is 10.6 Å². The Morgan fingerprint density at radius 1 is 1.04 bits per heavy atom. The highest BCUT2D eigenvalue weighted by Crippen LogP contribution is 2.21. The van der Waals surface area contributed by atoms with Crippen molar-refractivity contribution in [2.75, 3.05) is 11.9 Å². The summed E-state index contributed by atoms with van der Waals surface area (Å²) in [7, 11) is 0. The van der Waals surface area contributed by atoms with Crippen LogP contribution in [0.25, 0.3) is 0 Å². The molecular formula is C20H25FN2O. The van der Waals surface area contributed by atoms with Crippen LogP contribution in [0, 0.1) is 11.7 Å². The van der Waals surface area contributed by atoms with E-state index < -0.39 is 0 Å². The predicted octanol–water partition coefficient (Wildman–Crippen LogP) is 4.31. The first kappa shape index (κ1) is 18.1. The molecule has 2 rings (SSSR count). The molecule has 24 heavy (non-hydrogen) atoms. The van der Waals surface area contributed by atoms with Crippen molar-refractivity contribution < 1.29 is 9.18 Å². The number of nitrogens with one attached hydrogen (secondary N) is 2. The molecular weight excluding hydrogens is 303 g/mol. The quantitative estimate of drug-likeness (QED) is 0.795. The van der Waals surface area contributed by atoms with Gasteiger partial charge in [0.25, 0.3) is 0 Å². The molecule has 0 aliphatic carbocycles. The Labute approximate surface area is 143 Å². The van der Waals surface area contributed by atoms with E-state index in [0.717, 1.165) is 17.7 Å². The summed E-state index contributed by atoms with van der Waals surface area (Å²) in [6.45, 7) is 6.44. The van der Waals surface area contributed by atoms with Crippen molar-refractivity contribution in [3.8, 4) is 0 Å². The summed E-state index contributed by atoms with van der Waals surface area (Å²) < 4.78 is 13.1. The summed E-state index contributed by atoms with van der Waals surface area (Å²) in [5, 5.41) is 6.15. The SMILES string of the molecule is CCc1ccc(NC(=O)CNC(c2ccc(F)cc2)C(C)C)cc1. The van der Waals surface area contributed by atoms with Gasteiger partial charge in [0.1, 0.15) is 5.82 Å². The summed E-state index contributed by atoms with van der Waals surface area (Å²) in [4.78, 5) is 12.1. The van der Waals surface area contributed by atoms with E-state index in [1.807, 2.05) is 24.3 Å². The summed E-state index contributed by atoms with van der Waals surface area (Å²) in [5.74, 6) is -0.0614. The van der Waals surface area contributed by atoms with E-state index in [-0.39, 0.29) is 30.2 Å². The highest BCUT2D eigenvalue weighted by atomic mass is 19.1. The van der Waals surface area contributed by atoms with Crippen LogP contribution in [0.1, 0.15) is 37.9 Å². The van der Waals surface area contributed by atoms with Crippen LogP contribution >= 0.6 is 0 Å². The van der Waals surface area contributed by atoms with Gasteiger partial charge in [-0.05, 0) is 47.7 Å². The summed E-state index contributed by atoms with van der Waals surface area (Å²) in [6.07, 6.45) is 0.976. The lowest BCUT2D eigenvalue weighted by Crippen LogP contribution is -2.33. The molecule has 0 bridgehead atoms. The minimum atomic E-state index is -0.255.